The van der Waals surface area contributed by atoms with Crippen molar-refractivity contribution in [1.82, 2.24) is 34.6 Å². The van der Waals surface area contributed by atoms with Crippen LogP contribution in [0, 0.1) is 0 Å². The van der Waals surface area contributed by atoms with Crippen LogP contribution in [0.1, 0.15) is 91.5 Å². The molecule has 4 aromatic heterocycles. The van der Waals surface area contributed by atoms with E-state index in [2.05, 4.69) is 54.1 Å². The summed E-state index contributed by atoms with van der Waals surface area (Å²) in [6.07, 6.45) is 8.95. The Kier molecular flexibility index (Phi) is 16.1. The summed E-state index contributed by atoms with van der Waals surface area (Å²) in [5.41, 5.74) is 8.37. The SMILES string of the molecule is CCc1cccc(-c2cnc(C(=O)N(CC)CCC(C)OC3CCN(C(=O)c4ccc(N5CCN(Cc6cnc7cc(CC)c(=O)[nH]c7c6)CC5)cn4)CC3)c(NC(C)=O)c2)c1.S. The Bertz CT molecular complexity index is 2430. The number of H-pyrrole nitrogens is 1. The first-order valence-corrected chi connectivity index (χ1v) is 22.1. The normalized spacial score (nSPS) is 15.2. The van der Waals surface area contributed by atoms with Gasteiger partial charge in [-0.2, -0.15) is 13.5 Å². The number of carbonyl (C=O) groups is 3. The first-order chi connectivity index (χ1) is 30.0. The average molecular weight is 876 g/mol. The molecule has 63 heavy (non-hydrogen) atoms. The van der Waals surface area contributed by atoms with E-state index in [1.165, 1.54) is 12.5 Å². The predicted molar refractivity (Wildman–Crippen MR) is 253 cm³/mol. The lowest BCUT2D eigenvalue weighted by Crippen LogP contribution is -2.46. The number of hydrogen-bond acceptors (Lipinski definition) is 10. The van der Waals surface area contributed by atoms with Crippen molar-refractivity contribution in [3.05, 3.63) is 112 Å². The molecule has 0 aliphatic carbocycles. The number of aromatic amines is 1. The highest BCUT2D eigenvalue weighted by atomic mass is 32.1. The molecule has 6 heterocycles. The Hall–Kier alpha value is -5.64. The summed E-state index contributed by atoms with van der Waals surface area (Å²) in [4.78, 5) is 76.7. The summed E-state index contributed by atoms with van der Waals surface area (Å²) in [6.45, 7) is 15.7. The molecule has 1 atom stereocenters. The number of benzene rings is 1. The van der Waals surface area contributed by atoms with Crippen molar-refractivity contribution < 1.29 is 19.1 Å². The first kappa shape index (κ1) is 46.9. The number of nitrogens with zero attached hydrogens (tertiary/aromatic N) is 7. The van der Waals surface area contributed by atoms with E-state index in [0.29, 0.717) is 50.4 Å². The van der Waals surface area contributed by atoms with Crippen LogP contribution in [-0.2, 0) is 28.9 Å². The number of rotatable bonds is 15. The molecule has 0 saturated carbocycles. The second kappa shape index (κ2) is 21.6. The Morgan fingerprint density at radius 2 is 1.65 bits per heavy atom. The molecule has 14 nitrogen and oxygen atoms in total. The standard InChI is InChI=1S/C48H59N9O5.H2S/c1-6-34-10-9-11-37(24-34)38-27-44(52-33(5)58)45(51-29-38)48(61)55(8-3)17-14-32(4)62-40-15-18-57(19-16-40)47(60)41-13-12-39(30-50-41)56-22-20-54(21-23-56)31-35-25-43-42(49-28-35)26-36(7-2)46(59)53-43;/h9-13,24-30,32,40H,6-8,14-23,31H2,1-5H3,(H,52,58)(H,53,59);1H2. The minimum atomic E-state index is -0.270. The highest BCUT2D eigenvalue weighted by Gasteiger charge is 2.28. The van der Waals surface area contributed by atoms with E-state index in [0.717, 1.165) is 91.0 Å². The Labute approximate surface area is 376 Å². The van der Waals surface area contributed by atoms with E-state index in [-0.39, 0.29) is 54.7 Å². The minimum absolute atomic E-state index is 0. The number of aryl methyl sites for hydroxylation is 2. The van der Waals surface area contributed by atoms with E-state index in [1.807, 2.05) is 74.3 Å². The van der Waals surface area contributed by atoms with E-state index in [9.17, 15) is 19.2 Å². The molecule has 7 rings (SSSR count). The number of nitrogens with one attached hydrogen (secondary N) is 2. The zero-order valence-electron chi connectivity index (χ0n) is 37.2. The molecule has 0 radical (unpaired) electrons. The molecule has 1 aromatic carbocycles. The van der Waals surface area contributed by atoms with Crippen LogP contribution in [0.5, 0.6) is 0 Å². The van der Waals surface area contributed by atoms with Crippen LogP contribution in [-0.4, -0.2) is 117 Å². The van der Waals surface area contributed by atoms with Gasteiger partial charge in [-0.1, -0.05) is 38.1 Å². The molecule has 2 aliphatic heterocycles. The van der Waals surface area contributed by atoms with Gasteiger partial charge < -0.3 is 29.7 Å². The number of carbonyl (C=O) groups excluding carboxylic acids is 3. The second-order valence-corrected chi connectivity index (χ2v) is 16.4. The molecule has 5 aromatic rings. The fourth-order valence-corrected chi connectivity index (χ4v) is 8.33. The molecular weight excluding hydrogens is 815 g/mol. The molecule has 0 bridgehead atoms. The lowest BCUT2D eigenvalue weighted by Gasteiger charge is -2.36. The lowest BCUT2D eigenvalue weighted by atomic mass is 10.0. The van der Waals surface area contributed by atoms with Crippen LogP contribution in [0.25, 0.3) is 22.2 Å². The van der Waals surface area contributed by atoms with E-state index in [1.54, 1.807) is 17.3 Å². The van der Waals surface area contributed by atoms with Gasteiger partial charge in [-0.25, -0.2) is 9.97 Å². The summed E-state index contributed by atoms with van der Waals surface area (Å²) < 4.78 is 6.43. The van der Waals surface area contributed by atoms with Crippen molar-refractivity contribution in [2.24, 2.45) is 0 Å². The Balaban J connectivity index is 0.00000661. The van der Waals surface area contributed by atoms with Crippen molar-refractivity contribution in [2.75, 3.05) is 62.6 Å². The fraction of sp³-hybridized carbons (Fsp3) is 0.438. The van der Waals surface area contributed by atoms with Gasteiger partial charge in [0.1, 0.15) is 5.69 Å². The summed E-state index contributed by atoms with van der Waals surface area (Å²) in [7, 11) is 0. The molecule has 3 amide bonds. The minimum Gasteiger partial charge on any atom is -0.375 e. The van der Waals surface area contributed by atoms with Gasteiger partial charge in [0.25, 0.3) is 17.4 Å². The predicted octanol–water partition coefficient (Wildman–Crippen LogP) is 6.46. The third-order valence-corrected chi connectivity index (χ3v) is 12.0. The monoisotopic (exact) mass is 875 g/mol. The number of ether oxygens (including phenoxy) is 1. The third kappa shape index (κ3) is 11.7. The Morgan fingerprint density at radius 1 is 0.873 bits per heavy atom. The second-order valence-electron chi connectivity index (χ2n) is 16.4. The van der Waals surface area contributed by atoms with Crippen molar-refractivity contribution in [1.29, 1.82) is 0 Å². The molecule has 334 valence electrons. The molecular formula is C48H61N9O5S. The molecule has 2 fully saturated rings. The van der Waals surface area contributed by atoms with Crippen LogP contribution in [0.4, 0.5) is 11.4 Å². The number of fused-ring (bicyclic) bond motifs is 1. The van der Waals surface area contributed by atoms with Gasteiger partial charge in [0.05, 0.1) is 40.8 Å². The number of aromatic nitrogens is 4. The van der Waals surface area contributed by atoms with Crippen LogP contribution in [0.15, 0.2) is 78.0 Å². The highest BCUT2D eigenvalue weighted by Crippen LogP contribution is 2.27. The maximum Gasteiger partial charge on any atom is 0.274 e. The van der Waals surface area contributed by atoms with Crippen LogP contribution < -0.4 is 15.8 Å². The third-order valence-electron chi connectivity index (χ3n) is 12.0. The van der Waals surface area contributed by atoms with Gasteiger partial charge in [-0.3, -0.25) is 29.1 Å². The first-order valence-electron chi connectivity index (χ1n) is 22.1. The smallest absolute Gasteiger partial charge is 0.274 e. The van der Waals surface area contributed by atoms with Gasteiger partial charge in [0.15, 0.2) is 5.69 Å². The van der Waals surface area contributed by atoms with Crippen molar-refractivity contribution in [2.45, 2.75) is 85.5 Å². The van der Waals surface area contributed by atoms with Crippen LogP contribution in [0.3, 0.4) is 0 Å². The molecule has 0 spiro atoms. The molecule has 2 saturated heterocycles. The summed E-state index contributed by atoms with van der Waals surface area (Å²) >= 11 is 0. The topological polar surface area (TPSA) is 157 Å². The summed E-state index contributed by atoms with van der Waals surface area (Å²) in [5.74, 6) is -0.588. The number of likely N-dealkylation sites (tertiary alicyclic amines) is 1. The van der Waals surface area contributed by atoms with Gasteiger partial charge in [0.2, 0.25) is 5.91 Å². The van der Waals surface area contributed by atoms with Crippen LogP contribution >= 0.6 is 13.5 Å². The fourth-order valence-electron chi connectivity index (χ4n) is 8.33. The van der Waals surface area contributed by atoms with Gasteiger partial charge in [-0.15, -0.1) is 0 Å². The largest absolute Gasteiger partial charge is 0.375 e. The van der Waals surface area contributed by atoms with E-state index < -0.39 is 0 Å². The maximum absolute atomic E-state index is 13.8. The van der Waals surface area contributed by atoms with Crippen molar-refractivity contribution in [3.8, 4) is 11.1 Å². The number of hydrogen-bond donors (Lipinski definition) is 2. The van der Waals surface area contributed by atoms with Gasteiger partial charge in [-0.05, 0) is 93.0 Å². The quantitative estimate of drug-likeness (QED) is 0.120. The summed E-state index contributed by atoms with van der Waals surface area (Å²) in [5, 5.41) is 2.83. The number of amides is 3. The molecule has 2 aliphatic rings. The lowest BCUT2D eigenvalue weighted by molar-refractivity contribution is -0.114. The highest BCUT2D eigenvalue weighted by molar-refractivity contribution is 7.59. The summed E-state index contributed by atoms with van der Waals surface area (Å²) in [6, 6.07) is 17.7. The maximum atomic E-state index is 13.8. The van der Waals surface area contributed by atoms with E-state index in [4.69, 9.17) is 4.74 Å². The van der Waals surface area contributed by atoms with Crippen LogP contribution in [0.2, 0.25) is 0 Å². The van der Waals surface area contributed by atoms with E-state index >= 15 is 0 Å². The molecule has 1 unspecified atom stereocenters. The number of pyridine rings is 4. The van der Waals surface area contributed by atoms with Gasteiger partial charge >= 0.3 is 0 Å². The zero-order chi connectivity index (χ0) is 43.8. The number of anilines is 2. The zero-order valence-corrected chi connectivity index (χ0v) is 38.2. The average Bonchev–Trinajstić information content (AvgIpc) is 3.29. The number of piperazine rings is 1. The van der Waals surface area contributed by atoms with Gasteiger partial charge in [0, 0.05) is 89.3 Å². The number of piperidine rings is 1. The Morgan fingerprint density at radius 3 is 2.33 bits per heavy atom. The van der Waals surface area contributed by atoms with Crippen molar-refractivity contribution >= 4 is 53.6 Å². The van der Waals surface area contributed by atoms with Crippen molar-refractivity contribution in [3.63, 3.8) is 0 Å². The molecule has 2 N–H and O–H groups in total. The molecule has 15 heteroatoms.